The van der Waals surface area contributed by atoms with E-state index in [1.807, 2.05) is 18.2 Å². The summed E-state index contributed by atoms with van der Waals surface area (Å²) in [5.41, 5.74) is 2.98. The molecule has 0 radical (unpaired) electrons. The average Bonchev–Trinajstić information content (AvgIpc) is 2.64. The highest BCUT2D eigenvalue weighted by Crippen LogP contribution is 2.32. The lowest BCUT2D eigenvalue weighted by molar-refractivity contribution is 0.296. The van der Waals surface area contributed by atoms with Gasteiger partial charge >= 0.3 is 0 Å². The van der Waals surface area contributed by atoms with Crippen LogP contribution in [0.15, 0.2) is 48.6 Å². The van der Waals surface area contributed by atoms with Crippen molar-refractivity contribution >= 4 is 0 Å². The van der Waals surface area contributed by atoms with E-state index in [4.69, 9.17) is 5.26 Å². The summed E-state index contributed by atoms with van der Waals surface area (Å²) in [5.74, 6) is 1.60. The number of nitriles is 1. The van der Waals surface area contributed by atoms with E-state index in [9.17, 15) is 0 Å². The summed E-state index contributed by atoms with van der Waals surface area (Å²) in [6.45, 7) is 2.25. The molecule has 1 aromatic carbocycles. The van der Waals surface area contributed by atoms with Crippen molar-refractivity contribution in [3.8, 4) is 6.07 Å². The number of allylic oxidation sites excluding steroid dienone is 4. The minimum atomic E-state index is 0.711. The Labute approximate surface area is 148 Å². The number of hydrogen-bond donors (Lipinski definition) is 0. The van der Waals surface area contributed by atoms with Gasteiger partial charge in [0.2, 0.25) is 0 Å². The zero-order chi connectivity index (χ0) is 17.0. The van der Waals surface area contributed by atoms with Gasteiger partial charge in [-0.15, -0.1) is 0 Å². The molecule has 1 fully saturated rings. The second-order valence-electron chi connectivity index (χ2n) is 7.11. The molecule has 0 spiro atoms. The molecule has 1 aliphatic rings. The fourth-order valence-electron chi connectivity index (χ4n) is 3.61. The lowest BCUT2D eigenvalue weighted by Gasteiger charge is -2.26. The molecule has 1 aromatic rings. The van der Waals surface area contributed by atoms with Gasteiger partial charge in [-0.2, -0.15) is 5.26 Å². The maximum atomic E-state index is 8.47. The quantitative estimate of drug-likeness (QED) is 0.401. The molecule has 1 heteroatoms. The van der Waals surface area contributed by atoms with Gasteiger partial charge in [-0.3, -0.25) is 0 Å². The van der Waals surface area contributed by atoms with Crippen molar-refractivity contribution in [1.29, 1.82) is 5.26 Å². The first-order valence-corrected chi connectivity index (χ1v) is 9.62. The summed E-state index contributed by atoms with van der Waals surface area (Å²) in [4.78, 5) is 0. The maximum Gasteiger partial charge on any atom is 0.0912 e. The average molecular weight is 322 g/mol. The van der Waals surface area contributed by atoms with E-state index in [-0.39, 0.29) is 0 Å². The molecule has 128 valence electrons. The SMILES string of the molecule is CCCCc1ccc(CCC2CCC(C=CC=CC#N)CC2)cc1. The fraction of sp³-hybridized carbons (Fsp3) is 0.522. The Morgan fingerprint density at radius 2 is 1.67 bits per heavy atom. The van der Waals surface area contributed by atoms with Gasteiger partial charge in [0, 0.05) is 6.08 Å². The standard InChI is InChI=1S/C23H31N/c1-2-3-7-20-9-13-22(14-10-20)17-18-23-15-11-21(12-16-23)8-5-4-6-19-24/h4-6,8-10,13-14,21,23H,2-3,7,11-12,15-18H2,1H3. The predicted octanol–water partition coefficient (Wildman–Crippen LogP) is 6.40. The molecule has 0 N–H and O–H groups in total. The Morgan fingerprint density at radius 1 is 1.00 bits per heavy atom. The van der Waals surface area contributed by atoms with Crippen molar-refractivity contribution < 1.29 is 0 Å². The summed E-state index contributed by atoms with van der Waals surface area (Å²) in [5, 5.41) is 8.47. The second kappa shape index (κ2) is 10.9. The summed E-state index contributed by atoms with van der Waals surface area (Å²) in [6.07, 6.45) is 19.4. The van der Waals surface area contributed by atoms with Crippen LogP contribution in [0.3, 0.4) is 0 Å². The molecule has 2 rings (SSSR count). The Hall–Kier alpha value is -1.81. The van der Waals surface area contributed by atoms with Crippen LogP contribution in [0.4, 0.5) is 0 Å². The number of unbranched alkanes of at least 4 members (excludes halogenated alkanes) is 1. The first-order chi connectivity index (χ1) is 11.8. The van der Waals surface area contributed by atoms with Crippen molar-refractivity contribution in [2.24, 2.45) is 11.8 Å². The number of hydrogen-bond acceptors (Lipinski definition) is 1. The molecule has 0 amide bonds. The van der Waals surface area contributed by atoms with Crippen LogP contribution in [0.5, 0.6) is 0 Å². The molecule has 0 aromatic heterocycles. The third-order valence-electron chi connectivity index (χ3n) is 5.24. The smallest absolute Gasteiger partial charge is 0.0912 e. The topological polar surface area (TPSA) is 23.8 Å². The van der Waals surface area contributed by atoms with Crippen LogP contribution in [0.1, 0.15) is 63.0 Å². The molecule has 0 aliphatic heterocycles. The van der Waals surface area contributed by atoms with Crippen LogP contribution in [0, 0.1) is 23.2 Å². The molecule has 0 bridgehead atoms. The Morgan fingerprint density at radius 3 is 2.29 bits per heavy atom. The predicted molar refractivity (Wildman–Crippen MR) is 103 cm³/mol. The normalized spacial score (nSPS) is 21.3. The van der Waals surface area contributed by atoms with Crippen LogP contribution in [0.25, 0.3) is 0 Å². The van der Waals surface area contributed by atoms with Crippen LogP contribution in [-0.2, 0) is 12.8 Å². The third kappa shape index (κ3) is 6.75. The van der Waals surface area contributed by atoms with Gasteiger partial charge in [-0.25, -0.2) is 0 Å². The fourth-order valence-corrected chi connectivity index (χ4v) is 3.61. The minimum absolute atomic E-state index is 0.711. The van der Waals surface area contributed by atoms with Crippen molar-refractivity contribution in [3.05, 3.63) is 59.7 Å². The number of nitrogens with zero attached hydrogens (tertiary/aromatic N) is 1. The van der Waals surface area contributed by atoms with Gasteiger partial charge < -0.3 is 0 Å². The molecule has 0 heterocycles. The Bertz CT molecular complexity index is 551. The van der Waals surface area contributed by atoms with Crippen LogP contribution in [-0.4, -0.2) is 0 Å². The van der Waals surface area contributed by atoms with Crippen LogP contribution >= 0.6 is 0 Å². The first kappa shape index (κ1) is 18.5. The highest BCUT2D eigenvalue weighted by atomic mass is 14.2. The molecule has 1 saturated carbocycles. The van der Waals surface area contributed by atoms with E-state index in [1.54, 1.807) is 0 Å². The Balaban J connectivity index is 1.68. The molecule has 1 nitrogen and oxygen atoms in total. The summed E-state index contributed by atoms with van der Waals surface area (Å²) in [7, 11) is 0. The molecular formula is C23H31N. The largest absolute Gasteiger partial charge is 0.193 e. The van der Waals surface area contributed by atoms with Crippen LogP contribution < -0.4 is 0 Å². The summed E-state index contributed by atoms with van der Waals surface area (Å²) >= 11 is 0. The van der Waals surface area contributed by atoms with E-state index in [1.165, 1.54) is 75.0 Å². The molecule has 1 aliphatic carbocycles. The van der Waals surface area contributed by atoms with Crippen LogP contribution in [0.2, 0.25) is 0 Å². The molecule has 24 heavy (non-hydrogen) atoms. The van der Waals surface area contributed by atoms with Gasteiger partial charge in [-0.1, -0.05) is 55.8 Å². The van der Waals surface area contributed by atoms with E-state index in [2.05, 4.69) is 37.3 Å². The van der Waals surface area contributed by atoms with Crippen molar-refractivity contribution in [2.75, 3.05) is 0 Å². The monoisotopic (exact) mass is 321 g/mol. The summed E-state index contributed by atoms with van der Waals surface area (Å²) in [6, 6.07) is 11.3. The molecule has 0 atom stereocenters. The summed E-state index contributed by atoms with van der Waals surface area (Å²) < 4.78 is 0. The van der Waals surface area contributed by atoms with E-state index in [0.29, 0.717) is 5.92 Å². The maximum absolute atomic E-state index is 8.47. The molecule has 0 saturated heterocycles. The van der Waals surface area contributed by atoms with Gasteiger partial charge in [0.15, 0.2) is 0 Å². The number of rotatable bonds is 8. The number of benzene rings is 1. The first-order valence-electron chi connectivity index (χ1n) is 9.62. The highest BCUT2D eigenvalue weighted by molar-refractivity contribution is 5.22. The van der Waals surface area contributed by atoms with Gasteiger partial charge in [-0.05, 0) is 74.3 Å². The molecular weight excluding hydrogens is 290 g/mol. The second-order valence-corrected chi connectivity index (χ2v) is 7.11. The highest BCUT2D eigenvalue weighted by Gasteiger charge is 2.19. The minimum Gasteiger partial charge on any atom is -0.193 e. The van der Waals surface area contributed by atoms with Gasteiger partial charge in [0.1, 0.15) is 0 Å². The van der Waals surface area contributed by atoms with E-state index >= 15 is 0 Å². The van der Waals surface area contributed by atoms with E-state index in [0.717, 1.165) is 5.92 Å². The lowest BCUT2D eigenvalue weighted by Crippen LogP contribution is -2.13. The lowest BCUT2D eigenvalue weighted by atomic mass is 9.79. The van der Waals surface area contributed by atoms with Gasteiger partial charge in [0.05, 0.1) is 6.07 Å². The van der Waals surface area contributed by atoms with E-state index < -0.39 is 0 Å². The third-order valence-corrected chi connectivity index (χ3v) is 5.24. The number of aryl methyl sites for hydroxylation is 2. The van der Waals surface area contributed by atoms with Crippen molar-refractivity contribution in [1.82, 2.24) is 0 Å². The zero-order valence-electron chi connectivity index (χ0n) is 15.1. The molecule has 0 unspecified atom stereocenters. The Kier molecular flexibility index (Phi) is 8.39. The van der Waals surface area contributed by atoms with Crippen molar-refractivity contribution in [3.63, 3.8) is 0 Å². The zero-order valence-corrected chi connectivity index (χ0v) is 15.1. The van der Waals surface area contributed by atoms with Crippen molar-refractivity contribution in [2.45, 2.75) is 64.7 Å². The van der Waals surface area contributed by atoms with Gasteiger partial charge in [0.25, 0.3) is 0 Å².